The van der Waals surface area contributed by atoms with Crippen LogP contribution in [-0.2, 0) is 18.4 Å². The number of hydrogen-bond acceptors (Lipinski definition) is 7. The van der Waals surface area contributed by atoms with Crippen LogP contribution in [0.2, 0.25) is 5.02 Å². The number of benzene rings is 2. The maximum atomic E-state index is 14.6. The second-order valence-corrected chi connectivity index (χ2v) is 12.6. The number of thiazole rings is 1. The third kappa shape index (κ3) is 6.67. The minimum atomic E-state index is -1.15. The van der Waals surface area contributed by atoms with Crippen molar-refractivity contribution in [1.29, 1.82) is 0 Å². The summed E-state index contributed by atoms with van der Waals surface area (Å²) in [6.07, 6.45) is 4.68. The molecule has 4 aromatic rings. The predicted molar refractivity (Wildman–Crippen MR) is 166 cm³/mol. The summed E-state index contributed by atoms with van der Waals surface area (Å²) in [4.78, 5) is 47.6. The lowest BCUT2D eigenvalue weighted by atomic mass is 10.1. The molecule has 0 unspecified atom stereocenters. The van der Waals surface area contributed by atoms with Crippen molar-refractivity contribution in [2.24, 2.45) is 7.05 Å². The van der Waals surface area contributed by atoms with Crippen LogP contribution in [0, 0.1) is 11.6 Å². The van der Waals surface area contributed by atoms with Gasteiger partial charge in [0, 0.05) is 42.2 Å². The number of likely N-dealkylation sites (tertiary alicyclic amines) is 1. The highest BCUT2D eigenvalue weighted by molar-refractivity contribution is 7.15. The summed E-state index contributed by atoms with van der Waals surface area (Å²) < 4.78 is 35.6. The number of rotatable bonds is 9. The van der Waals surface area contributed by atoms with Gasteiger partial charge >= 0.3 is 0 Å². The molecule has 236 valence electrons. The molecular formula is C30H31ClF2N7O4S+. The van der Waals surface area contributed by atoms with Crippen LogP contribution in [0.5, 0.6) is 5.75 Å². The molecule has 1 fully saturated rings. The standard InChI is InChI=1S/C30H30ClF2N7O4S/c1-39-21(19-9-10-23(44-4)25(33)24(19)32)15-34-26(39)29(43)37-16-7-8-18(20(31)12-16)27(41)35-13-17-14-36-30(45-17)38-28(42)22-6-5-11-40(22,2)3/h7-10,12,14-15,22H,5-6,11,13H2,1-4H3,(H2-,35,36,37,38,41,42,43)/p+1/t22-/m0/s1. The number of hydrogen-bond donors (Lipinski definition) is 3. The number of imidazole rings is 1. The van der Waals surface area contributed by atoms with Gasteiger partial charge in [0.15, 0.2) is 28.6 Å². The van der Waals surface area contributed by atoms with Gasteiger partial charge in [-0.25, -0.2) is 14.4 Å². The number of aromatic nitrogens is 3. The van der Waals surface area contributed by atoms with Crippen LogP contribution in [0.15, 0.2) is 42.7 Å². The topological polar surface area (TPSA) is 127 Å². The average molecular weight is 659 g/mol. The Bertz CT molecular complexity index is 1790. The Labute approximate surface area is 266 Å². The first-order chi connectivity index (χ1) is 21.4. The van der Waals surface area contributed by atoms with E-state index < -0.39 is 23.4 Å². The van der Waals surface area contributed by atoms with Gasteiger partial charge in [-0.2, -0.15) is 4.39 Å². The van der Waals surface area contributed by atoms with Crippen molar-refractivity contribution in [2.75, 3.05) is 38.4 Å². The molecule has 45 heavy (non-hydrogen) atoms. The van der Waals surface area contributed by atoms with E-state index in [9.17, 15) is 23.2 Å². The van der Waals surface area contributed by atoms with Crippen LogP contribution in [0.4, 0.5) is 19.6 Å². The number of carbonyl (C=O) groups is 3. The van der Waals surface area contributed by atoms with Crippen LogP contribution in [0.25, 0.3) is 11.3 Å². The van der Waals surface area contributed by atoms with Gasteiger partial charge in [0.05, 0.1) is 56.8 Å². The quantitative estimate of drug-likeness (QED) is 0.221. The van der Waals surface area contributed by atoms with E-state index in [1.165, 1.54) is 66.6 Å². The smallest absolute Gasteiger partial charge is 0.291 e. The van der Waals surface area contributed by atoms with E-state index in [1.807, 2.05) is 14.1 Å². The minimum absolute atomic E-state index is 0.0636. The molecule has 0 radical (unpaired) electrons. The van der Waals surface area contributed by atoms with E-state index in [1.54, 1.807) is 6.20 Å². The molecule has 1 atom stereocenters. The molecule has 3 amide bonds. The van der Waals surface area contributed by atoms with Crippen molar-refractivity contribution in [3.63, 3.8) is 0 Å². The number of nitrogens with zero attached hydrogens (tertiary/aromatic N) is 4. The first kappa shape index (κ1) is 32.0. The van der Waals surface area contributed by atoms with Crippen molar-refractivity contribution in [2.45, 2.75) is 25.4 Å². The lowest BCUT2D eigenvalue weighted by Crippen LogP contribution is -2.50. The first-order valence-electron chi connectivity index (χ1n) is 13.9. The summed E-state index contributed by atoms with van der Waals surface area (Å²) in [6, 6.07) is 6.88. The second-order valence-electron chi connectivity index (χ2n) is 11.1. The maximum absolute atomic E-state index is 14.6. The molecule has 0 aliphatic carbocycles. The van der Waals surface area contributed by atoms with Crippen molar-refractivity contribution in [3.8, 4) is 17.0 Å². The fourth-order valence-corrected chi connectivity index (χ4v) is 6.29. The second kappa shape index (κ2) is 12.9. The van der Waals surface area contributed by atoms with E-state index in [4.69, 9.17) is 16.3 Å². The highest BCUT2D eigenvalue weighted by Gasteiger charge is 2.39. The monoisotopic (exact) mass is 658 g/mol. The summed E-state index contributed by atoms with van der Waals surface area (Å²) in [6.45, 7) is 1.12. The molecule has 2 aromatic carbocycles. The Balaban J connectivity index is 1.19. The van der Waals surface area contributed by atoms with E-state index in [-0.39, 0.29) is 51.9 Å². The van der Waals surface area contributed by atoms with Crippen molar-refractivity contribution in [1.82, 2.24) is 19.9 Å². The van der Waals surface area contributed by atoms with E-state index in [0.29, 0.717) is 15.3 Å². The third-order valence-electron chi connectivity index (χ3n) is 7.77. The minimum Gasteiger partial charge on any atom is -0.494 e. The van der Waals surface area contributed by atoms with Gasteiger partial charge in [-0.1, -0.05) is 22.9 Å². The zero-order valence-corrected chi connectivity index (χ0v) is 26.5. The number of anilines is 2. The summed E-state index contributed by atoms with van der Waals surface area (Å²) in [7, 11) is 6.81. The Morgan fingerprint density at radius 2 is 1.87 bits per heavy atom. The van der Waals surface area contributed by atoms with Gasteiger partial charge < -0.3 is 24.4 Å². The molecule has 0 saturated carbocycles. The number of methoxy groups -OCH3 is 1. The molecule has 0 bridgehead atoms. The Morgan fingerprint density at radius 3 is 2.56 bits per heavy atom. The Kier molecular flexibility index (Phi) is 9.18. The van der Waals surface area contributed by atoms with E-state index in [0.717, 1.165) is 24.3 Å². The van der Waals surface area contributed by atoms with Gasteiger partial charge in [-0.3, -0.25) is 19.7 Å². The highest BCUT2D eigenvalue weighted by atomic mass is 35.5. The zero-order chi connectivity index (χ0) is 32.5. The summed E-state index contributed by atoms with van der Waals surface area (Å²) in [5.41, 5.74) is 0.564. The average Bonchev–Trinajstić information content (AvgIpc) is 3.71. The first-order valence-corrected chi connectivity index (χ1v) is 15.1. The van der Waals surface area contributed by atoms with Gasteiger partial charge in [0.1, 0.15) is 0 Å². The van der Waals surface area contributed by atoms with Crippen LogP contribution in [-0.4, -0.2) is 70.5 Å². The van der Waals surface area contributed by atoms with Crippen LogP contribution in [0.3, 0.4) is 0 Å². The molecule has 0 spiro atoms. The number of carbonyl (C=O) groups excluding carboxylic acids is 3. The normalized spacial score (nSPS) is 15.5. The Morgan fingerprint density at radius 1 is 1.09 bits per heavy atom. The number of halogens is 3. The number of likely N-dealkylation sites (N-methyl/N-ethyl adjacent to an activating group) is 1. The molecule has 11 nitrogen and oxygen atoms in total. The molecule has 15 heteroatoms. The van der Waals surface area contributed by atoms with Gasteiger partial charge in [0.2, 0.25) is 5.82 Å². The summed E-state index contributed by atoms with van der Waals surface area (Å²) in [5.74, 6) is -3.72. The van der Waals surface area contributed by atoms with Crippen LogP contribution in [0.1, 0.15) is 38.7 Å². The van der Waals surface area contributed by atoms with Crippen LogP contribution >= 0.6 is 22.9 Å². The summed E-state index contributed by atoms with van der Waals surface area (Å²) in [5, 5.41) is 8.88. The molecule has 2 aromatic heterocycles. The Hall–Kier alpha value is -4.40. The molecule has 3 N–H and O–H groups in total. The maximum Gasteiger partial charge on any atom is 0.291 e. The van der Waals surface area contributed by atoms with E-state index in [2.05, 4.69) is 25.9 Å². The number of amides is 3. The predicted octanol–water partition coefficient (Wildman–Crippen LogP) is 4.84. The lowest BCUT2D eigenvalue weighted by Gasteiger charge is -2.30. The van der Waals surface area contributed by atoms with Gasteiger partial charge in [0.25, 0.3) is 17.7 Å². The fraction of sp³-hybridized carbons (Fsp3) is 0.300. The number of quaternary nitrogens is 1. The number of nitrogens with one attached hydrogen (secondary N) is 3. The number of ether oxygens (including phenoxy) is 1. The fourth-order valence-electron chi connectivity index (χ4n) is 5.27. The van der Waals surface area contributed by atoms with Crippen molar-refractivity contribution >= 4 is 51.5 Å². The van der Waals surface area contributed by atoms with E-state index >= 15 is 0 Å². The molecule has 3 heterocycles. The summed E-state index contributed by atoms with van der Waals surface area (Å²) >= 11 is 7.65. The molecule has 5 rings (SSSR count). The third-order valence-corrected chi connectivity index (χ3v) is 9.00. The van der Waals surface area contributed by atoms with Gasteiger partial charge in [-0.15, -0.1) is 0 Å². The molecule has 1 saturated heterocycles. The lowest BCUT2D eigenvalue weighted by molar-refractivity contribution is -0.892. The van der Waals surface area contributed by atoms with Crippen molar-refractivity contribution < 1.29 is 32.4 Å². The molecular weight excluding hydrogens is 628 g/mol. The zero-order valence-electron chi connectivity index (χ0n) is 24.9. The highest BCUT2D eigenvalue weighted by Crippen LogP contribution is 2.30. The molecule has 1 aliphatic heterocycles. The van der Waals surface area contributed by atoms with Crippen LogP contribution < -0.4 is 20.7 Å². The van der Waals surface area contributed by atoms with Crippen molar-refractivity contribution in [3.05, 3.63) is 75.6 Å². The molecule has 1 aliphatic rings. The largest absolute Gasteiger partial charge is 0.494 e. The SMILES string of the molecule is COc1ccc(-c2cnc(C(=O)Nc3ccc(C(=O)NCc4cnc(NC(=O)[C@@H]5CCC[N+]5(C)C)s4)c(Cl)c3)n2C)c(F)c1F. The van der Waals surface area contributed by atoms with Gasteiger partial charge in [-0.05, 0) is 30.3 Å².